The Balaban J connectivity index is 2.49. The summed E-state index contributed by atoms with van der Waals surface area (Å²) < 4.78 is 21.7. The van der Waals surface area contributed by atoms with Gasteiger partial charge in [0.25, 0.3) is 0 Å². The zero-order valence-electron chi connectivity index (χ0n) is 6.33. The minimum absolute atomic E-state index is 0.104. The Hall–Kier alpha value is -0.580. The summed E-state index contributed by atoms with van der Waals surface area (Å²) in [6.45, 7) is 1.39. The molecule has 4 nitrogen and oxygen atoms in total. The van der Waals surface area contributed by atoms with E-state index in [4.69, 9.17) is 0 Å². The van der Waals surface area contributed by atoms with Gasteiger partial charge in [-0.15, -0.1) is 0 Å². The Labute approximate surface area is 65.9 Å². The van der Waals surface area contributed by atoms with Crippen molar-refractivity contribution in [1.82, 2.24) is 5.32 Å². The van der Waals surface area contributed by atoms with Crippen molar-refractivity contribution in [3.8, 4) is 0 Å². The van der Waals surface area contributed by atoms with Crippen LogP contribution in [0.2, 0.25) is 0 Å². The number of hydrogen-bond donors (Lipinski definition) is 1. The summed E-state index contributed by atoms with van der Waals surface area (Å²) in [7, 11) is -2.86. The van der Waals surface area contributed by atoms with E-state index in [1.54, 1.807) is 0 Å². The van der Waals surface area contributed by atoms with Crippen molar-refractivity contribution in [1.29, 1.82) is 0 Å². The molecule has 1 rings (SSSR count). The van der Waals surface area contributed by atoms with E-state index in [1.165, 1.54) is 6.92 Å². The molecule has 1 aliphatic heterocycles. The maximum absolute atomic E-state index is 10.9. The van der Waals surface area contributed by atoms with Crippen LogP contribution >= 0.6 is 0 Å². The van der Waals surface area contributed by atoms with Crippen LogP contribution in [0.25, 0.3) is 0 Å². The lowest BCUT2D eigenvalue weighted by molar-refractivity contribution is -0.119. The van der Waals surface area contributed by atoms with Gasteiger partial charge >= 0.3 is 0 Å². The summed E-state index contributed by atoms with van der Waals surface area (Å²) in [5.41, 5.74) is 0. The van der Waals surface area contributed by atoms with Crippen molar-refractivity contribution >= 4 is 15.7 Å². The van der Waals surface area contributed by atoms with Crippen LogP contribution < -0.4 is 5.32 Å². The number of rotatable bonds is 1. The standard InChI is InChI=1S/C6H11NO3S/c1-5(8)7-6-2-3-11(9,10)4-6/h6H,2-4H2,1H3,(H,7,8)/t6-/m0/s1. The maximum atomic E-state index is 10.9. The van der Waals surface area contributed by atoms with Crippen LogP contribution in [-0.2, 0) is 14.6 Å². The Kier molecular flexibility index (Phi) is 2.17. The molecule has 0 aromatic rings. The summed E-state index contributed by atoms with van der Waals surface area (Å²) >= 11 is 0. The van der Waals surface area contributed by atoms with Crippen LogP contribution in [0.15, 0.2) is 0 Å². The summed E-state index contributed by atoms with van der Waals surface area (Å²) in [6, 6.07) is -0.155. The lowest BCUT2D eigenvalue weighted by Crippen LogP contribution is -2.33. The molecular formula is C6H11NO3S. The molecule has 1 aliphatic rings. The van der Waals surface area contributed by atoms with Crippen LogP contribution in [0, 0.1) is 0 Å². The highest BCUT2D eigenvalue weighted by atomic mass is 32.2. The molecular weight excluding hydrogens is 166 g/mol. The van der Waals surface area contributed by atoms with Crippen molar-refractivity contribution in [3.63, 3.8) is 0 Å². The summed E-state index contributed by atoms with van der Waals surface area (Å²) in [5.74, 6) is 0.150. The predicted molar refractivity (Wildman–Crippen MR) is 40.9 cm³/mol. The Bertz CT molecular complexity index is 257. The van der Waals surface area contributed by atoms with Gasteiger partial charge in [-0.25, -0.2) is 8.42 Å². The van der Waals surface area contributed by atoms with E-state index in [0.29, 0.717) is 6.42 Å². The number of sulfone groups is 1. The summed E-state index contributed by atoms with van der Waals surface area (Å²) in [6.07, 6.45) is 0.557. The minimum atomic E-state index is -2.86. The van der Waals surface area contributed by atoms with Gasteiger partial charge in [0.15, 0.2) is 9.84 Å². The molecule has 0 bridgehead atoms. The number of nitrogens with one attached hydrogen (secondary N) is 1. The molecule has 1 N–H and O–H groups in total. The van der Waals surface area contributed by atoms with Crippen LogP contribution in [0.3, 0.4) is 0 Å². The molecule has 0 aromatic heterocycles. The number of hydrogen-bond acceptors (Lipinski definition) is 3. The van der Waals surface area contributed by atoms with Crippen LogP contribution in [0.5, 0.6) is 0 Å². The van der Waals surface area contributed by atoms with Gasteiger partial charge in [0.05, 0.1) is 11.5 Å². The second-order valence-corrected chi connectivity index (χ2v) is 5.03. The fourth-order valence-electron chi connectivity index (χ4n) is 1.20. The lowest BCUT2D eigenvalue weighted by atomic mass is 10.3. The van der Waals surface area contributed by atoms with Crippen molar-refractivity contribution < 1.29 is 13.2 Å². The fourth-order valence-corrected chi connectivity index (χ4v) is 2.87. The molecule has 0 saturated carbocycles. The number of amides is 1. The quantitative estimate of drug-likeness (QED) is 0.576. The van der Waals surface area contributed by atoms with E-state index in [-0.39, 0.29) is 23.5 Å². The molecule has 1 fully saturated rings. The van der Waals surface area contributed by atoms with Crippen LogP contribution in [-0.4, -0.2) is 31.9 Å². The third kappa shape index (κ3) is 2.49. The first-order chi connectivity index (χ1) is 4.99. The molecule has 5 heteroatoms. The largest absolute Gasteiger partial charge is 0.353 e. The monoisotopic (exact) mass is 177 g/mol. The van der Waals surface area contributed by atoms with Gasteiger partial charge < -0.3 is 5.32 Å². The molecule has 0 unspecified atom stereocenters. The Morgan fingerprint density at radius 3 is 2.55 bits per heavy atom. The first-order valence-corrected chi connectivity index (χ1v) is 5.29. The van der Waals surface area contributed by atoms with E-state index in [0.717, 1.165) is 0 Å². The molecule has 0 aromatic carbocycles. The summed E-state index contributed by atoms with van der Waals surface area (Å²) in [4.78, 5) is 10.5. The lowest BCUT2D eigenvalue weighted by Gasteiger charge is -2.06. The maximum Gasteiger partial charge on any atom is 0.217 e. The van der Waals surface area contributed by atoms with Crippen LogP contribution in [0.1, 0.15) is 13.3 Å². The SMILES string of the molecule is CC(=O)N[C@H]1CCS(=O)(=O)C1. The highest BCUT2D eigenvalue weighted by Gasteiger charge is 2.27. The molecule has 64 valence electrons. The van der Waals surface area contributed by atoms with Crippen LogP contribution in [0.4, 0.5) is 0 Å². The number of carbonyl (C=O) groups is 1. The third-order valence-corrected chi connectivity index (χ3v) is 3.41. The van der Waals surface area contributed by atoms with Crippen molar-refractivity contribution in [2.75, 3.05) is 11.5 Å². The zero-order valence-corrected chi connectivity index (χ0v) is 7.15. The predicted octanol–water partition coefficient (Wildman–Crippen LogP) is -0.690. The van der Waals surface area contributed by atoms with Gasteiger partial charge in [-0.1, -0.05) is 0 Å². The molecule has 0 radical (unpaired) electrons. The highest BCUT2D eigenvalue weighted by Crippen LogP contribution is 2.10. The van der Waals surface area contributed by atoms with Crippen molar-refractivity contribution in [2.24, 2.45) is 0 Å². The average Bonchev–Trinajstić information content (AvgIpc) is 2.08. The normalized spacial score (nSPS) is 28.3. The van der Waals surface area contributed by atoms with E-state index in [9.17, 15) is 13.2 Å². The third-order valence-electron chi connectivity index (χ3n) is 1.64. The Morgan fingerprint density at radius 1 is 1.55 bits per heavy atom. The fraction of sp³-hybridized carbons (Fsp3) is 0.833. The highest BCUT2D eigenvalue weighted by molar-refractivity contribution is 7.91. The average molecular weight is 177 g/mol. The summed E-state index contributed by atoms with van der Waals surface area (Å²) in [5, 5.41) is 2.58. The number of carbonyl (C=O) groups excluding carboxylic acids is 1. The van der Waals surface area contributed by atoms with Crippen molar-refractivity contribution in [3.05, 3.63) is 0 Å². The van der Waals surface area contributed by atoms with E-state index >= 15 is 0 Å². The minimum Gasteiger partial charge on any atom is -0.353 e. The van der Waals surface area contributed by atoms with Gasteiger partial charge in [-0.05, 0) is 6.42 Å². The molecule has 0 aliphatic carbocycles. The molecule has 0 spiro atoms. The van der Waals surface area contributed by atoms with Gasteiger partial charge in [0.1, 0.15) is 0 Å². The smallest absolute Gasteiger partial charge is 0.217 e. The Morgan fingerprint density at radius 2 is 2.18 bits per heavy atom. The topological polar surface area (TPSA) is 63.2 Å². The van der Waals surface area contributed by atoms with E-state index < -0.39 is 9.84 Å². The van der Waals surface area contributed by atoms with Gasteiger partial charge in [-0.2, -0.15) is 0 Å². The van der Waals surface area contributed by atoms with Gasteiger partial charge in [-0.3, -0.25) is 4.79 Å². The van der Waals surface area contributed by atoms with Gasteiger partial charge in [0, 0.05) is 13.0 Å². The molecule has 11 heavy (non-hydrogen) atoms. The van der Waals surface area contributed by atoms with E-state index in [1.807, 2.05) is 0 Å². The molecule has 1 saturated heterocycles. The van der Waals surface area contributed by atoms with E-state index in [2.05, 4.69) is 5.32 Å². The molecule has 1 amide bonds. The van der Waals surface area contributed by atoms with Gasteiger partial charge in [0.2, 0.25) is 5.91 Å². The second-order valence-electron chi connectivity index (χ2n) is 2.80. The first-order valence-electron chi connectivity index (χ1n) is 3.47. The first kappa shape index (κ1) is 8.52. The second kappa shape index (κ2) is 2.81. The molecule has 1 atom stereocenters. The zero-order chi connectivity index (χ0) is 8.48. The van der Waals surface area contributed by atoms with Crippen molar-refractivity contribution in [2.45, 2.75) is 19.4 Å². The molecule has 1 heterocycles.